The van der Waals surface area contributed by atoms with Crippen molar-refractivity contribution in [2.45, 2.75) is 70.4 Å². The molecule has 1 unspecified atom stereocenters. The van der Waals surface area contributed by atoms with E-state index in [4.69, 9.17) is 0 Å². The van der Waals surface area contributed by atoms with Crippen molar-refractivity contribution < 1.29 is 0 Å². The van der Waals surface area contributed by atoms with E-state index in [1.807, 2.05) is 0 Å². The molecule has 3 rings (SSSR count). The highest BCUT2D eigenvalue weighted by molar-refractivity contribution is 5.85. The second-order valence-corrected chi connectivity index (χ2v) is 7.05. The molecule has 1 atom stereocenters. The molecule has 1 aliphatic heterocycles. The number of halogens is 1. The van der Waals surface area contributed by atoms with E-state index in [1.54, 1.807) is 0 Å². The van der Waals surface area contributed by atoms with Crippen LogP contribution in [-0.4, -0.2) is 36.6 Å². The van der Waals surface area contributed by atoms with Crippen LogP contribution in [0.5, 0.6) is 0 Å². The molecule has 3 fully saturated rings. The van der Waals surface area contributed by atoms with Crippen LogP contribution in [0.3, 0.4) is 0 Å². The Balaban J connectivity index is 0.00000133. The topological polar surface area (TPSA) is 15.3 Å². The van der Waals surface area contributed by atoms with Crippen molar-refractivity contribution in [1.29, 1.82) is 0 Å². The lowest BCUT2D eigenvalue weighted by Crippen LogP contribution is -2.45. The molecule has 2 aliphatic carbocycles. The van der Waals surface area contributed by atoms with Gasteiger partial charge in [0.15, 0.2) is 0 Å². The summed E-state index contributed by atoms with van der Waals surface area (Å²) in [7, 11) is 0. The van der Waals surface area contributed by atoms with Gasteiger partial charge in [0.2, 0.25) is 0 Å². The fraction of sp³-hybridized carbons (Fsp3) is 1.00. The smallest absolute Gasteiger partial charge is 0.00994 e. The van der Waals surface area contributed by atoms with Gasteiger partial charge < -0.3 is 5.32 Å². The first-order valence-electron chi connectivity index (χ1n) is 8.29. The monoisotopic (exact) mass is 286 g/mol. The fourth-order valence-electron chi connectivity index (χ4n) is 3.95. The average Bonchev–Trinajstić information content (AvgIpc) is 3.23. The molecule has 19 heavy (non-hydrogen) atoms. The summed E-state index contributed by atoms with van der Waals surface area (Å²) in [4.78, 5) is 2.92. The van der Waals surface area contributed by atoms with E-state index in [2.05, 4.69) is 17.1 Å². The lowest BCUT2D eigenvalue weighted by atomic mass is 9.86. The summed E-state index contributed by atoms with van der Waals surface area (Å²) < 4.78 is 0. The summed E-state index contributed by atoms with van der Waals surface area (Å²) in [6.45, 7) is 6.34. The Kier molecular flexibility index (Phi) is 5.98. The van der Waals surface area contributed by atoms with Crippen molar-refractivity contribution in [2.24, 2.45) is 11.8 Å². The predicted octanol–water partition coefficient (Wildman–Crippen LogP) is 3.45. The van der Waals surface area contributed by atoms with E-state index >= 15 is 0 Å². The number of piperidine rings is 1. The molecule has 0 aromatic carbocycles. The molecule has 2 nitrogen and oxygen atoms in total. The summed E-state index contributed by atoms with van der Waals surface area (Å²) in [5, 5.41) is 3.58. The molecule has 1 heterocycles. The van der Waals surface area contributed by atoms with E-state index in [0.717, 1.165) is 23.9 Å². The molecule has 2 saturated carbocycles. The van der Waals surface area contributed by atoms with Gasteiger partial charge in [-0.25, -0.2) is 0 Å². The predicted molar refractivity (Wildman–Crippen MR) is 84.0 cm³/mol. The van der Waals surface area contributed by atoms with Crippen LogP contribution in [0.2, 0.25) is 0 Å². The highest BCUT2D eigenvalue weighted by Gasteiger charge is 2.36. The number of rotatable bonds is 4. The summed E-state index contributed by atoms with van der Waals surface area (Å²) >= 11 is 0. The molecule has 0 aromatic heterocycles. The zero-order chi connectivity index (χ0) is 12.4. The molecule has 3 heteroatoms. The fourth-order valence-corrected chi connectivity index (χ4v) is 3.95. The average molecular weight is 287 g/mol. The highest BCUT2D eigenvalue weighted by Crippen LogP contribution is 2.36. The molecule has 0 aromatic rings. The van der Waals surface area contributed by atoms with E-state index in [9.17, 15) is 0 Å². The molecular formula is C16H31ClN2. The first-order valence-corrected chi connectivity index (χ1v) is 8.29. The maximum Gasteiger partial charge on any atom is 0.00994 e. The van der Waals surface area contributed by atoms with Crippen LogP contribution >= 0.6 is 12.4 Å². The Bertz CT molecular complexity index is 253. The SMILES string of the molecule is CC1CCC(N(CC2CCCNC2)C2CC2)CC1.Cl. The molecule has 0 bridgehead atoms. The second kappa shape index (κ2) is 7.28. The lowest BCUT2D eigenvalue weighted by molar-refractivity contribution is 0.105. The minimum atomic E-state index is 0. The van der Waals surface area contributed by atoms with E-state index < -0.39 is 0 Å². The van der Waals surface area contributed by atoms with Crippen LogP contribution < -0.4 is 5.32 Å². The molecule has 0 amide bonds. The Hall–Kier alpha value is 0.210. The van der Waals surface area contributed by atoms with Gasteiger partial charge in [-0.2, -0.15) is 0 Å². The number of nitrogens with zero attached hydrogens (tertiary/aromatic N) is 1. The number of hydrogen-bond donors (Lipinski definition) is 1. The van der Waals surface area contributed by atoms with E-state index in [-0.39, 0.29) is 12.4 Å². The molecule has 1 N–H and O–H groups in total. The first-order chi connectivity index (χ1) is 8.83. The third kappa shape index (κ3) is 4.34. The van der Waals surface area contributed by atoms with Gasteiger partial charge in [0.25, 0.3) is 0 Å². The third-order valence-corrected chi connectivity index (χ3v) is 5.34. The quantitative estimate of drug-likeness (QED) is 0.851. The van der Waals surface area contributed by atoms with Gasteiger partial charge in [0, 0.05) is 18.6 Å². The van der Waals surface area contributed by atoms with Crippen molar-refractivity contribution in [3.05, 3.63) is 0 Å². The summed E-state index contributed by atoms with van der Waals surface area (Å²) in [6.07, 6.45) is 11.7. The third-order valence-electron chi connectivity index (χ3n) is 5.34. The standard InChI is InChI=1S/C16H30N2.ClH/c1-13-4-6-15(7-5-13)18(16-8-9-16)12-14-3-2-10-17-11-14;/h13-17H,2-12H2,1H3;1H. The van der Waals surface area contributed by atoms with Crippen molar-refractivity contribution in [2.75, 3.05) is 19.6 Å². The Morgan fingerprint density at radius 3 is 2.11 bits per heavy atom. The summed E-state index contributed by atoms with van der Waals surface area (Å²) in [5.74, 6) is 1.91. The zero-order valence-corrected chi connectivity index (χ0v) is 13.3. The molecule has 112 valence electrons. The minimum absolute atomic E-state index is 0. The minimum Gasteiger partial charge on any atom is -0.316 e. The van der Waals surface area contributed by atoms with Crippen LogP contribution in [0, 0.1) is 11.8 Å². The summed E-state index contributed by atoms with van der Waals surface area (Å²) in [6, 6.07) is 1.89. The van der Waals surface area contributed by atoms with Gasteiger partial charge in [-0.3, -0.25) is 4.90 Å². The molecule has 1 saturated heterocycles. The van der Waals surface area contributed by atoms with Crippen molar-refractivity contribution >= 4 is 12.4 Å². The normalized spacial score (nSPS) is 36.0. The zero-order valence-electron chi connectivity index (χ0n) is 12.4. The van der Waals surface area contributed by atoms with Gasteiger partial charge in [0.05, 0.1) is 0 Å². The van der Waals surface area contributed by atoms with Crippen LogP contribution in [0.15, 0.2) is 0 Å². The Labute approximate surface area is 125 Å². The van der Waals surface area contributed by atoms with E-state index in [0.29, 0.717) is 0 Å². The van der Waals surface area contributed by atoms with Gasteiger partial charge in [-0.05, 0) is 76.3 Å². The van der Waals surface area contributed by atoms with Crippen molar-refractivity contribution in [3.8, 4) is 0 Å². The van der Waals surface area contributed by atoms with Crippen LogP contribution in [0.25, 0.3) is 0 Å². The first kappa shape index (κ1) is 15.6. The summed E-state index contributed by atoms with van der Waals surface area (Å²) in [5.41, 5.74) is 0. The van der Waals surface area contributed by atoms with Gasteiger partial charge in [0.1, 0.15) is 0 Å². The van der Waals surface area contributed by atoms with Crippen LogP contribution in [0.4, 0.5) is 0 Å². The largest absolute Gasteiger partial charge is 0.316 e. The number of nitrogens with one attached hydrogen (secondary N) is 1. The van der Waals surface area contributed by atoms with Crippen LogP contribution in [0.1, 0.15) is 58.3 Å². The second-order valence-electron chi connectivity index (χ2n) is 7.05. The molecule has 0 spiro atoms. The van der Waals surface area contributed by atoms with Crippen LogP contribution in [-0.2, 0) is 0 Å². The maximum absolute atomic E-state index is 3.58. The maximum atomic E-state index is 3.58. The molecule has 3 aliphatic rings. The molecule has 0 radical (unpaired) electrons. The van der Waals surface area contributed by atoms with Gasteiger partial charge >= 0.3 is 0 Å². The lowest BCUT2D eigenvalue weighted by Gasteiger charge is -2.39. The molecular weight excluding hydrogens is 256 g/mol. The Morgan fingerprint density at radius 2 is 1.58 bits per heavy atom. The highest BCUT2D eigenvalue weighted by atomic mass is 35.5. The Morgan fingerprint density at radius 1 is 0.947 bits per heavy atom. The van der Waals surface area contributed by atoms with Crippen molar-refractivity contribution in [3.63, 3.8) is 0 Å². The van der Waals surface area contributed by atoms with Gasteiger partial charge in [-0.15, -0.1) is 12.4 Å². The van der Waals surface area contributed by atoms with Gasteiger partial charge in [-0.1, -0.05) is 6.92 Å². The number of hydrogen-bond acceptors (Lipinski definition) is 2. The van der Waals surface area contributed by atoms with E-state index in [1.165, 1.54) is 71.0 Å². The van der Waals surface area contributed by atoms with Crippen molar-refractivity contribution in [1.82, 2.24) is 10.2 Å².